The molecule has 0 amide bonds. The summed E-state index contributed by atoms with van der Waals surface area (Å²) in [5, 5.41) is 1.18. The Morgan fingerprint density at radius 1 is 1.11 bits per heavy atom. The van der Waals surface area contributed by atoms with Crippen LogP contribution in [0.3, 0.4) is 0 Å². The Morgan fingerprint density at radius 2 is 1.89 bits per heavy atom. The van der Waals surface area contributed by atoms with Crippen molar-refractivity contribution in [3.05, 3.63) is 36.0 Å². The van der Waals surface area contributed by atoms with Crippen molar-refractivity contribution in [1.82, 2.24) is 4.98 Å². The minimum absolute atomic E-state index is 0.362. The van der Waals surface area contributed by atoms with Gasteiger partial charge in [0.05, 0.1) is 0 Å². The average molecular weight is 257 g/mol. The highest BCUT2D eigenvalue weighted by Crippen LogP contribution is 2.19. The molecule has 0 aliphatic heterocycles. The summed E-state index contributed by atoms with van der Waals surface area (Å²) in [6.07, 6.45) is 9.30. The topological polar surface area (TPSA) is 32.9 Å². The van der Waals surface area contributed by atoms with Crippen molar-refractivity contribution in [2.45, 2.75) is 51.9 Å². The van der Waals surface area contributed by atoms with Crippen LogP contribution in [-0.2, 0) is 11.2 Å². The van der Waals surface area contributed by atoms with Gasteiger partial charge in [0.15, 0.2) is 0 Å². The summed E-state index contributed by atoms with van der Waals surface area (Å²) in [4.78, 5) is 15.2. The number of aromatic amines is 1. The van der Waals surface area contributed by atoms with Crippen LogP contribution < -0.4 is 0 Å². The van der Waals surface area contributed by atoms with E-state index in [1.165, 1.54) is 31.1 Å². The van der Waals surface area contributed by atoms with Gasteiger partial charge in [-0.3, -0.25) is 4.79 Å². The molecule has 0 bridgehead atoms. The predicted octanol–water partition coefficient (Wildman–Crippen LogP) is 4.64. The Kier molecular flexibility index (Phi) is 5.20. The van der Waals surface area contributed by atoms with Crippen molar-refractivity contribution < 1.29 is 4.79 Å². The number of fused-ring (bicyclic) bond motifs is 1. The lowest BCUT2D eigenvalue weighted by Gasteiger charge is -2.01. The van der Waals surface area contributed by atoms with Crippen molar-refractivity contribution >= 4 is 16.7 Å². The van der Waals surface area contributed by atoms with Gasteiger partial charge in [0.2, 0.25) is 0 Å². The van der Waals surface area contributed by atoms with Crippen molar-refractivity contribution in [2.75, 3.05) is 0 Å². The average Bonchev–Trinajstić information content (AvgIpc) is 2.82. The van der Waals surface area contributed by atoms with Crippen LogP contribution in [0.5, 0.6) is 0 Å². The van der Waals surface area contributed by atoms with E-state index in [1.807, 2.05) is 24.4 Å². The zero-order chi connectivity index (χ0) is 13.5. The van der Waals surface area contributed by atoms with Gasteiger partial charge in [-0.1, -0.05) is 50.8 Å². The molecule has 0 saturated carbocycles. The SMILES string of the molecule is CCCCCCCC(=O)Cc1c[nH]c2ccccc12. The molecule has 2 heteroatoms. The first-order valence-electron chi connectivity index (χ1n) is 7.38. The second-order valence-corrected chi connectivity index (χ2v) is 5.24. The van der Waals surface area contributed by atoms with Gasteiger partial charge in [-0.15, -0.1) is 0 Å². The summed E-state index contributed by atoms with van der Waals surface area (Å²) in [6.45, 7) is 2.21. The van der Waals surface area contributed by atoms with Crippen LogP contribution in [-0.4, -0.2) is 10.8 Å². The Hall–Kier alpha value is -1.57. The molecule has 0 radical (unpaired) electrons. The maximum atomic E-state index is 12.0. The number of rotatable bonds is 8. The number of hydrogen-bond acceptors (Lipinski definition) is 1. The van der Waals surface area contributed by atoms with Crippen molar-refractivity contribution in [3.63, 3.8) is 0 Å². The fourth-order valence-electron chi connectivity index (χ4n) is 2.50. The van der Waals surface area contributed by atoms with Gasteiger partial charge in [-0.2, -0.15) is 0 Å². The van der Waals surface area contributed by atoms with Gasteiger partial charge >= 0.3 is 0 Å². The van der Waals surface area contributed by atoms with Gasteiger partial charge in [0, 0.05) is 29.9 Å². The molecule has 0 unspecified atom stereocenters. The molecule has 19 heavy (non-hydrogen) atoms. The molecule has 0 fully saturated rings. The first kappa shape index (κ1) is 13.9. The molecule has 2 rings (SSSR count). The van der Waals surface area contributed by atoms with Crippen molar-refractivity contribution in [1.29, 1.82) is 0 Å². The Morgan fingerprint density at radius 3 is 2.74 bits per heavy atom. The predicted molar refractivity (Wildman–Crippen MR) is 80.4 cm³/mol. The van der Waals surface area contributed by atoms with E-state index in [4.69, 9.17) is 0 Å². The smallest absolute Gasteiger partial charge is 0.137 e. The number of H-pyrrole nitrogens is 1. The molecule has 1 aromatic heterocycles. The quantitative estimate of drug-likeness (QED) is 0.686. The Balaban J connectivity index is 1.82. The van der Waals surface area contributed by atoms with E-state index in [0.29, 0.717) is 12.2 Å². The lowest BCUT2D eigenvalue weighted by molar-refractivity contribution is -0.118. The first-order valence-corrected chi connectivity index (χ1v) is 7.38. The van der Waals surface area contributed by atoms with Gasteiger partial charge < -0.3 is 4.98 Å². The molecule has 1 heterocycles. The number of benzene rings is 1. The number of aromatic nitrogens is 1. The van der Waals surface area contributed by atoms with E-state index in [0.717, 1.165) is 23.9 Å². The summed E-state index contributed by atoms with van der Waals surface area (Å²) >= 11 is 0. The highest BCUT2D eigenvalue weighted by atomic mass is 16.1. The lowest BCUT2D eigenvalue weighted by Crippen LogP contribution is -2.01. The molecule has 2 aromatic rings. The third-order valence-electron chi connectivity index (χ3n) is 3.62. The second kappa shape index (κ2) is 7.13. The fraction of sp³-hybridized carbons (Fsp3) is 0.471. The molecule has 0 saturated heterocycles. The molecular formula is C17H23NO. The van der Waals surface area contributed by atoms with Crippen LogP contribution in [0.1, 0.15) is 51.0 Å². The zero-order valence-corrected chi connectivity index (χ0v) is 11.7. The molecule has 1 aromatic carbocycles. The largest absolute Gasteiger partial charge is 0.361 e. The van der Waals surface area contributed by atoms with Gasteiger partial charge in [-0.05, 0) is 18.1 Å². The number of ketones is 1. The Labute approximate surface area is 115 Å². The first-order chi connectivity index (χ1) is 9.31. The third kappa shape index (κ3) is 3.95. The highest BCUT2D eigenvalue weighted by molar-refractivity contribution is 5.89. The molecule has 0 atom stereocenters. The third-order valence-corrected chi connectivity index (χ3v) is 3.62. The normalized spacial score (nSPS) is 11.0. The standard InChI is InChI=1S/C17H23NO/c1-2-3-4-5-6-9-15(19)12-14-13-18-17-11-8-7-10-16(14)17/h7-8,10-11,13,18H,2-6,9,12H2,1H3. The van der Waals surface area contributed by atoms with Crippen LogP contribution in [0.15, 0.2) is 30.5 Å². The molecule has 102 valence electrons. The van der Waals surface area contributed by atoms with E-state index in [-0.39, 0.29) is 0 Å². The Bertz CT molecular complexity index is 527. The van der Waals surface area contributed by atoms with E-state index >= 15 is 0 Å². The zero-order valence-electron chi connectivity index (χ0n) is 11.7. The number of para-hydroxylation sites is 1. The molecule has 0 spiro atoms. The van der Waals surface area contributed by atoms with Crippen LogP contribution in [0.2, 0.25) is 0 Å². The summed E-state index contributed by atoms with van der Waals surface area (Å²) in [5.74, 6) is 0.362. The summed E-state index contributed by atoms with van der Waals surface area (Å²) in [5.41, 5.74) is 2.25. The molecule has 0 aliphatic rings. The minimum Gasteiger partial charge on any atom is -0.361 e. The lowest BCUT2D eigenvalue weighted by atomic mass is 10.0. The maximum Gasteiger partial charge on any atom is 0.137 e. The van der Waals surface area contributed by atoms with E-state index in [2.05, 4.69) is 18.0 Å². The summed E-state index contributed by atoms with van der Waals surface area (Å²) in [7, 11) is 0. The van der Waals surface area contributed by atoms with Crippen molar-refractivity contribution in [3.8, 4) is 0 Å². The summed E-state index contributed by atoms with van der Waals surface area (Å²) in [6, 6.07) is 8.16. The summed E-state index contributed by atoms with van der Waals surface area (Å²) < 4.78 is 0. The molecule has 2 nitrogen and oxygen atoms in total. The van der Waals surface area contributed by atoms with Gasteiger partial charge in [0.1, 0.15) is 5.78 Å². The van der Waals surface area contributed by atoms with Gasteiger partial charge in [-0.25, -0.2) is 0 Å². The fourth-order valence-corrected chi connectivity index (χ4v) is 2.50. The van der Waals surface area contributed by atoms with Crippen LogP contribution >= 0.6 is 0 Å². The maximum absolute atomic E-state index is 12.0. The second-order valence-electron chi connectivity index (χ2n) is 5.24. The van der Waals surface area contributed by atoms with E-state index in [9.17, 15) is 4.79 Å². The van der Waals surface area contributed by atoms with Crippen LogP contribution in [0.25, 0.3) is 10.9 Å². The van der Waals surface area contributed by atoms with Crippen LogP contribution in [0.4, 0.5) is 0 Å². The molecule has 1 N–H and O–H groups in total. The number of hydrogen-bond donors (Lipinski definition) is 1. The highest BCUT2D eigenvalue weighted by Gasteiger charge is 2.08. The number of carbonyl (C=O) groups excluding carboxylic acids is 1. The van der Waals surface area contributed by atoms with Crippen LogP contribution in [0, 0.1) is 0 Å². The monoisotopic (exact) mass is 257 g/mol. The van der Waals surface area contributed by atoms with Gasteiger partial charge in [0.25, 0.3) is 0 Å². The molecule has 0 aliphatic carbocycles. The van der Waals surface area contributed by atoms with E-state index < -0.39 is 0 Å². The number of nitrogens with one attached hydrogen (secondary N) is 1. The number of Topliss-reactive ketones (excluding diaryl/α,β-unsaturated/α-hetero) is 1. The van der Waals surface area contributed by atoms with E-state index in [1.54, 1.807) is 0 Å². The molecular weight excluding hydrogens is 234 g/mol. The number of unbranched alkanes of at least 4 members (excludes halogenated alkanes) is 4. The minimum atomic E-state index is 0.362. The van der Waals surface area contributed by atoms with Crippen molar-refractivity contribution in [2.24, 2.45) is 0 Å². The number of carbonyl (C=O) groups is 1.